The zero-order valence-electron chi connectivity index (χ0n) is 10.0. The topological polar surface area (TPSA) is 46.2 Å². The van der Waals surface area contributed by atoms with Gasteiger partial charge in [-0.15, -0.1) is 0 Å². The molecule has 0 spiro atoms. The van der Waals surface area contributed by atoms with Gasteiger partial charge in [0.25, 0.3) is 0 Å². The van der Waals surface area contributed by atoms with Crippen molar-refractivity contribution in [3.05, 3.63) is 28.8 Å². The summed E-state index contributed by atoms with van der Waals surface area (Å²) in [5, 5.41) is 9.73. The van der Waals surface area contributed by atoms with Crippen LogP contribution in [0.3, 0.4) is 0 Å². The van der Waals surface area contributed by atoms with Crippen LogP contribution >= 0.6 is 0 Å². The van der Waals surface area contributed by atoms with Gasteiger partial charge in [0.15, 0.2) is 0 Å². The molecule has 96 valence electrons. The van der Waals surface area contributed by atoms with E-state index in [4.69, 9.17) is 5.73 Å². The zero-order chi connectivity index (χ0) is 13.4. The normalized spacial score (nSPS) is 12.9. The van der Waals surface area contributed by atoms with Crippen LogP contribution in [-0.4, -0.2) is 5.11 Å². The summed E-state index contributed by atoms with van der Waals surface area (Å²) in [5.74, 6) is -0.147. The third-order valence-corrected chi connectivity index (χ3v) is 2.55. The SMILES string of the molecule is CC(C)(C)c1cc(C(F)(F)F)c(CN)cc1O. The first-order chi connectivity index (χ1) is 7.57. The number of nitrogens with two attached hydrogens (primary N) is 1. The predicted molar refractivity (Wildman–Crippen MR) is 59.7 cm³/mol. The maximum atomic E-state index is 12.8. The summed E-state index contributed by atoms with van der Waals surface area (Å²) < 4.78 is 38.4. The second-order valence-corrected chi connectivity index (χ2v) is 4.98. The second kappa shape index (κ2) is 4.22. The van der Waals surface area contributed by atoms with Crippen LogP contribution in [0, 0.1) is 0 Å². The van der Waals surface area contributed by atoms with E-state index in [0.29, 0.717) is 0 Å². The molecule has 3 N–H and O–H groups in total. The van der Waals surface area contributed by atoms with Crippen LogP contribution in [0.4, 0.5) is 13.2 Å². The lowest BCUT2D eigenvalue weighted by molar-refractivity contribution is -0.138. The molecule has 0 heterocycles. The maximum Gasteiger partial charge on any atom is 0.416 e. The lowest BCUT2D eigenvalue weighted by Crippen LogP contribution is -2.17. The summed E-state index contributed by atoms with van der Waals surface area (Å²) in [5.41, 5.74) is 4.10. The van der Waals surface area contributed by atoms with Crippen molar-refractivity contribution < 1.29 is 18.3 Å². The van der Waals surface area contributed by atoms with Gasteiger partial charge in [0.05, 0.1) is 5.56 Å². The molecule has 0 bridgehead atoms. The molecule has 0 aliphatic carbocycles. The molecule has 0 fully saturated rings. The Morgan fingerprint density at radius 2 is 1.65 bits per heavy atom. The van der Waals surface area contributed by atoms with Gasteiger partial charge in [0, 0.05) is 6.54 Å². The van der Waals surface area contributed by atoms with E-state index in [1.807, 2.05) is 0 Å². The number of aromatic hydroxyl groups is 1. The van der Waals surface area contributed by atoms with E-state index in [2.05, 4.69) is 0 Å². The highest BCUT2D eigenvalue weighted by Crippen LogP contribution is 2.39. The Morgan fingerprint density at radius 3 is 2.00 bits per heavy atom. The first kappa shape index (κ1) is 13.8. The molecular formula is C12H16F3NO. The number of benzene rings is 1. The molecule has 1 rings (SSSR count). The zero-order valence-corrected chi connectivity index (χ0v) is 10.0. The summed E-state index contributed by atoms with van der Waals surface area (Å²) in [6.45, 7) is 4.96. The predicted octanol–water partition coefficient (Wildman–Crippen LogP) is 3.17. The van der Waals surface area contributed by atoms with Gasteiger partial charge in [-0.3, -0.25) is 0 Å². The lowest BCUT2D eigenvalue weighted by Gasteiger charge is -2.23. The smallest absolute Gasteiger partial charge is 0.416 e. The molecule has 0 saturated heterocycles. The highest BCUT2D eigenvalue weighted by atomic mass is 19.4. The summed E-state index contributed by atoms with van der Waals surface area (Å²) in [7, 11) is 0. The van der Waals surface area contributed by atoms with Crippen LogP contribution in [0.2, 0.25) is 0 Å². The second-order valence-electron chi connectivity index (χ2n) is 4.98. The number of rotatable bonds is 1. The Labute approximate surface area is 98.3 Å². The molecule has 0 atom stereocenters. The molecule has 0 aromatic heterocycles. The summed E-state index contributed by atoms with van der Waals surface area (Å²) >= 11 is 0. The molecule has 0 amide bonds. The quantitative estimate of drug-likeness (QED) is 0.800. The number of phenolic OH excluding ortho intramolecular Hbond substituents is 1. The van der Waals surface area contributed by atoms with Gasteiger partial charge in [-0.05, 0) is 28.7 Å². The van der Waals surface area contributed by atoms with Gasteiger partial charge in [-0.2, -0.15) is 13.2 Å². The van der Waals surface area contributed by atoms with Crippen molar-refractivity contribution in [1.82, 2.24) is 0 Å². The van der Waals surface area contributed by atoms with E-state index >= 15 is 0 Å². The first-order valence-corrected chi connectivity index (χ1v) is 5.21. The largest absolute Gasteiger partial charge is 0.508 e. The summed E-state index contributed by atoms with van der Waals surface area (Å²) in [6, 6.07) is 2.08. The molecule has 0 aliphatic heterocycles. The van der Waals surface area contributed by atoms with Gasteiger partial charge >= 0.3 is 6.18 Å². The van der Waals surface area contributed by atoms with Crippen molar-refractivity contribution in [2.75, 3.05) is 0 Å². The fraction of sp³-hybridized carbons (Fsp3) is 0.500. The molecule has 1 aromatic carbocycles. The van der Waals surface area contributed by atoms with Crippen LogP contribution in [0.1, 0.15) is 37.5 Å². The Morgan fingerprint density at radius 1 is 1.12 bits per heavy atom. The molecule has 0 unspecified atom stereocenters. The molecule has 1 aromatic rings. The molecule has 0 aliphatic rings. The van der Waals surface area contributed by atoms with Crippen LogP contribution in [0.15, 0.2) is 12.1 Å². The molecule has 17 heavy (non-hydrogen) atoms. The Bertz CT molecular complexity index is 419. The van der Waals surface area contributed by atoms with Crippen molar-refractivity contribution in [2.24, 2.45) is 5.73 Å². The molecule has 0 radical (unpaired) electrons. The molecule has 5 heteroatoms. The third-order valence-electron chi connectivity index (χ3n) is 2.55. The fourth-order valence-corrected chi connectivity index (χ4v) is 1.66. The van der Waals surface area contributed by atoms with E-state index in [0.717, 1.165) is 12.1 Å². The molecular weight excluding hydrogens is 231 g/mol. The van der Waals surface area contributed by atoms with Gasteiger partial charge in [0.1, 0.15) is 5.75 Å². The minimum Gasteiger partial charge on any atom is -0.508 e. The van der Waals surface area contributed by atoms with E-state index in [-0.39, 0.29) is 23.4 Å². The van der Waals surface area contributed by atoms with Crippen LogP contribution in [-0.2, 0) is 18.1 Å². The van der Waals surface area contributed by atoms with Crippen LogP contribution in [0.5, 0.6) is 5.75 Å². The highest BCUT2D eigenvalue weighted by Gasteiger charge is 2.35. The third kappa shape index (κ3) is 2.91. The Hall–Kier alpha value is -1.23. The lowest BCUT2D eigenvalue weighted by atomic mass is 9.84. The molecule has 2 nitrogen and oxygen atoms in total. The van der Waals surface area contributed by atoms with Crippen LogP contribution in [0.25, 0.3) is 0 Å². The average Bonchev–Trinajstić information content (AvgIpc) is 2.13. The fourth-order valence-electron chi connectivity index (χ4n) is 1.66. The minimum atomic E-state index is -4.46. The van der Waals surface area contributed by atoms with Gasteiger partial charge in [-0.1, -0.05) is 20.8 Å². The van der Waals surface area contributed by atoms with Gasteiger partial charge in [-0.25, -0.2) is 0 Å². The van der Waals surface area contributed by atoms with Crippen molar-refractivity contribution in [2.45, 2.75) is 38.9 Å². The monoisotopic (exact) mass is 247 g/mol. The van der Waals surface area contributed by atoms with E-state index in [9.17, 15) is 18.3 Å². The van der Waals surface area contributed by atoms with E-state index in [1.54, 1.807) is 20.8 Å². The summed E-state index contributed by atoms with van der Waals surface area (Å²) in [6.07, 6.45) is -4.46. The van der Waals surface area contributed by atoms with Gasteiger partial charge in [0.2, 0.25) is 0 Å². The summed E-state index contributed by atoms with van der Waals surface area (Å²) in [4.78, 5) is 0. The number of hydrogen-bond acceptors (Lipinski definition) is 2. The minimum absolute atomic E-state index is 0.0944. The number of alkyl halides is 3. The number of phenols is 1. The Balaban J connectivity index is 3.49. The standard InChI is InChI=1S/C12H16F3NO/c1-11(2,3)9-5-8(12(13,14)15)7(6-16)4-10(9)17/h4-5,17H,6,16H2,1-3H3. The van der Waals surface area contributed by atoms with Gasteiger partial charge < -0.3 is 10.8 Å². The van der Waals surface area contributed by atoms with Crippen molar-refractivity contribution in [3.63, 3.8) is 0 Å². The van der Waals surface area contributed by atoms with E-state index < -0.39 is 17.2 Å². The van der Waals surface area contributed by atoms with Crippen molar-refractivity contribution >= 4 is 0 Å². The highest BCUT2D eigenvalue weighted by molar-refractivity contribution is 5.46. The average molecular weight is 247 g/mol. The first-order valence-electron chi connectivity index (χ1n) is 5.21. The van der Waals surface area contributed by atoms with Crippen molar-refractivity contribution in [1.29, 1.82) is 0 Å². The number of halogens is 3. The maximum absolute atomic E-state index is 12.8. The van der Waals surface area contributed by atoms with Crippen molar-refractivity contribution in [3.8, 4) is 5.75 Å². The molecule has 0 saturated carbocycles. The van der Waals surface area contributed by atoms with Crippen LogP contribution < -0.4 is 5.73 Å². The Kier molecular flexibility index (Phi) is 3.43. The number of hydrogen-bond donors (Lipinski definition) is 2. The van der Waals surface area contributed by atoms with E-state index in [1.165, 1.54) is 0 Å².